The molecule has 0 aromatic heterocycles. The van der Waals surface area contributed by atoms with E-state index >= 15 is 0 Å². The number of phenols is 1. The first-order valence-electron chi connectivity index (χ1n) is 11.3. The number of fused-ring (bicyclic) bond motifs is 1. The summed E-state index contributed by atoms with van der Waals surface area (Å²) < 4.78 is 10.9. The number of ether oxygens (including phenoxy) is 2. The number of aromatic hydroxyl groups is 1. The molecule has 2 aliphatic heterocycles. The molecule has 0 aliphatic carbocycles. The van der Waals surface area contributed by atoms with Gasteiger partial charge in [-0.3, -0.25) is 9.59 Å². The molecule has 4 rings (SSSR count). The number of ketones is 1. The Morgan fingerprint density at radius 1 is 1.21 bits per heavy atom. The highest BCUT2D eigenvalue weighted by Gasteiger charge is 2.46. The van der Waals surface area contributed by atoms with Crippen LogP contribution in [0.1, 0.15) is 36.1 Å². The minimum absolute atomic E-state index is 0.00586. The largest absolute Gasteiger partial charge is 0.507 e. The van der Waals surface area contributed by atoms with E-state index in [9.17, 15) is 19.8 Å². The summed E-state index contributed by atoms with van der Waals surface area (Å²) >= 11 is 0. The maximum Gasteiger partial charge on any atom is 0.295 e. The average molecular weight is 467 g/mol. The number of carbonyl (C=O) groups excluding carboxylic acids is 2. The van der Waals surface area contributed by atoms with Crippen molar-refractivity contribution in [1.29, 1.82) is 0 Å². The molecule has 2 heterocycles. The summed E-state index contributed by atoms with van der Waals surface area (Å²) in [7, 11) is 5.32. The fourth-order valence-corrected chi connectivity index (χ4v) is 4.62. The molecule has 2 atom stereocenters. The molecule has 2 N–H and O–H groups in total. The number of aliphatic hydroxyl groups is 1. The van der Waals surface area contributed by atoms with Gasteiger partial charge in [0.15, 0.2) is 11.5 Å². The molecular formula is C26H30N2O6. The number of nitrogens with zero attached hydrogens (tertiary/aromatic N) is 2. The molecule has 0 radical (unpaired) electrons. The van der Waals surface area contributed by atoms with E-state index in [2.05, 4.69) is 0 Å². The number of phenolic OH excluding ortho intramolecular Hbond substituents is 1. The molecule has 0 bridgehead atoms. The normalized spacial score (nSPS) is 21.1. The molecular weight excluding hydrogens is 436 g/mol. The Kier molecular flexibility index (Phi) is 6.52. The predicted octanol–water partition coefficient (Wildman–Crippen LogP) is 3.10. The number of methoxy groups -OCH3 is 1. The van der Waals surface area contributed by atoms with E-state index in [0.717, 1.165) is 17.9 Å². The maximum atomic E-state index is 13.2. The lowest BCUT2D eigenvalue weighted by Gasteiger charge is -2.26. The van der Waals surface area contributed by atoms with Crippen LogP contribution in [0.2, 0.25) is 0 Å². The molecule has 1 saturated heterocycles. The van der Waals surface area contributed by atoms with Gasteiger partial charge in [0, 0.05) is 18.5 Å². The smallest absolute Gasteiger partial charge is 0.295 e. The maximum absolute atomic E-state index is 13.2. The Morgan fingerprint density at radius 3 is 2.65 bits per heavy atom. The van der Waals surface area contributed by atoms with E-state index in [1.54, 1.807) is 30.3 Å². The summed E-state index contributed by atoms with van der Waals surface area (Å²) in [6.07, 6.45) is 1.38. The Hall–Kier alpha value is -3.52. The van der Waals surface area contributed by atoms with Crippen molar-refractivity contribution in [3.63, 3.8) is 0 Å². The van der Waals surface area contributed by atoms with Gasteiger partial charge >= 0.3 is 0 Å². The van der Waals surface area contributed by atoms with Crippen LogP contribution in [0.15, 0.2) is 42.0 Å². The van der Waals surface area contributed by atoms with Crippen LogP contribution in [0.4, 0.5) is 0 Å². The van der Waals surface area contributed by atoms with Crippen molar-refractivity contribution < 1.29 is 29.3 Å². The van der Waals surface area contributed by atoms with E-state index in [4.69, 9.17) is 9.47 Å². The highest BCUT2D eigenvalue weighted by Crippen LogP contribution is 2.42. The second-order valence-corrected chi connectivity index (χ2v) is 9.04. The van der Waals surface area contributed by atoms with Crippen LogP contribution in [0.3, 0.4) is 0 Å². The lowest BCUT2D eigenvalue weighted by molar-refractivity contribution is -0.139. The van der Waals surface area contributed by atoms with E-state index < -0.39 is 17.7 Å². The molecule has 180 valence electrons. The second kappa shape index (κ2) is 9.38. The lowest BCUT2D eigenvalue weighted by Crippen LogP contribution is -2.32. The third kappa shape index (κ3) is 4.33. The van der Waals surface area contributed by atoms with Gasteiger partial charge in [0.1, 0.15) is 17.6 Å². The number of Topliss-reactive ketones (excluding diaryl/α,β-unsaturated/α-hetero) is 1. The minimum atomic E-state index is -0.831. The van der Waals surface area contributed by atoms with Gasteiger partial charge in [0.2, 0.25) is 0 Å². The Morgan fingerprint density at radius 2 is 1.97 bits per heavy atom. The number of benzene rings is 2. The molecule has 8 heteroatoms. The van der Waals surface area contributed by atoms with Gasteiger partial charge in [-0.15, -0.1) is 0 Å². The van der Waals surface area contributed by atoms with Crippen molar-refractivity contribution >= 4 is 17.4 Å². The van der Waals surface area contributed by atoms with Crippen LogP contribution < -0.4 is 9.47 Å². The van der Waals surface area contributed by atoms with Crippen molar-refractivity contribution in [1.82, 2.24) is 9.80 Å². The highest BCUT2D eigenvalue weighted by molar-refractivity contribution is 6.46. The van der Waals surface area contributed by atoms with Gasteiger partial charge in [0.25, 0.3) is 11.7 Å². The van der Waals surface area contributed by atoms with Crippen molar-refractivity contribution in [2.75, 3.05) is 34.3 Å². The van der Waals surface area contributed by atoms with Gasteiger partial charge in [-0.2, -0.15) is 0 Å². The number of amides is 1. The number of likely N-dealkylation sites (tertiary alicyclic amines) is 1. The molecule has 2 aliphatic rings. The van der Waals surface area contributed by atoms with Crippen molar-refractivity contribution in [2.45, 2.75) is 31.9 Å². The van der Waals surface area contributed by atoms with Crippen LogP contribution >= 0.6 is 0 Å². The number of carbonyl (C=O) groups is 2. The first kappa shape index (κ1) is 23.6. The molecule has 34 heavy (non-hydrogen) atoms. The minimum Gasteiger partial charge on any atom is -0.507 e. The van der Waals surface area contributed by atoms with Crippen LogP contribution in [0.5, 0.6) is 17.2 Å². The molecule has 0 saturated carbocycles. The predicted molar refractivity (Wildman–Crippen MR) is 127 cm³/mol. The molecule has 8 nitrogen and oxygen atoms in total. The standard InChI is InChI=1S/C26H30N2O6/c1-15-12-18-13-17(7-8-20(18)34-15)24(30)22-23(16-6-9-21(33-4)19(29)14-16)28(26(32)25(22)31)11-5-10-27(2)3/h6-9,13-15,23,29-30H,5,10-12H2,1-4H3/b24-22-. The van der Waals surface area contributed by atoms with Gasteiger partial charge < -0.3 is 29.5 Å². The first-order valence-corrected chi connectivity index (χ1v) is 11.3. The van der Waals surface area contributed by atoms with E-state index in [1.165, 1.54) is 18.1 Å². The number of rotatable bonds is 7. The van der Waals surface area contributed by atoms with E-state index in [0.29, 0.717) is 30.5 Å². The third-order valence-electron chi connectivity index (χ3n) is 6.23. The third-order valence-corrected chi connectivity index (χ3v) is 6.23. The van der Waals surface area contributed by atoms with Crippen molar-refractivity contribution in [3.05, 3.63) is 58.7 Å². The van der Waals surface area contributed by atoms with Crippen LogP contribution in [-0.2, 0) is 16.0 Å². The quantitative estimate of drug-likeness (QED) is 0.367. The summed E-state index contributed by atoms with van der Waals surface area (Å²) in [4.78, 5) is 29.7. The van der Waals surface area contributed by atoms with Crippen LogP contribution in [0, 0.1) is 0 Å². The number of aliphatic hydroxyl groups excluding tert-OH is 1. The lowest BCUT2D eigenvalue weighted by atomic mass is 9.94. The molecule has 1 fully saturated rings. The molecule has 2 unspecified atom stereocenters. The average Bonchev–Trinajstić information content (AvgIpc) is 3.29. The van der Waals surface area contributed by atoms with Crippen molar-refractivity contribution in [2.24, 2.45) is 0 Å². The second-order valence-electron chi connectivity index (χ2n) is 9.04. The monoisotopic (exact) mass is 466 g/mol. The number of hydrogen-bond donors (Lipinski definition) is 2. The summed E-state index contributed by atoms with van der Waals surface area (Å²) in [5.74, 6) is -0.726. The van der Waals surface area contributed by atoms with Crippen LogP contribution in [-0.4, -0.2) is 72.1 Å². The topological polar surface area (TPSA) is 99.5 Å². The summed E-state index contributed by atoms with van der Waals surface area (Å²) in [6.45, 7) is 3.02. The van der Waals surface area contributed by atoms with E-state index in [1.807, 2.05) is 25.9 Å². The molecule has 0 spiro atoms. The van der Waals surface area contributed by atoms with Gasteiger partial charge in [-0.1, -0.05) is 6.07 Å². The number of hydrogen-bond acceptors (Lipinski definition) is 7. The Balaban J connectivity index is 1.80. The van der Waals surface area contributed by atoms with Gasteiger partial charge in [-0.05, 0) is 75.4 Å². The summed E-state index contributed by atoms with van der Waals surface area (Å²) in [5.41, 5.74) is 1.91. The summed E-state index contributed by atoms with van der Waals surface area (Å²) in [5, 5.41) is 21.7. The zero-order valence-corrected chi connectivity index (χ0v) is 19.9. The highest BCUT2D eigenvalue weighted by atomic mass is 16.5. The first-order chi connectivity index (χ1) is 16.2. The SMILES string of the molecule is COc1ccc(C2/C(=C(/O)c3ccc4c(c3)CC(C)O4)C(=O)C(=O)N2CCCN(C)C)cc1O. The Bertz CT molecular complexity index is 1160. The molecule has 1 amide bonds. The van der Waals surface area contributed by atoms with E-state index in [-0.39, 0.29) is 28.9 Å². The zero-order chi connectivity index (χ0) is 24.6. The van der Waals surface area contributed by atoms with Crippen LogP contribution in [0.25, 0.3) is 5.76 Å². The van der Waals surface area contributed by atoms with Gasteiger partial charge in [0.05, 0.1) is 18.7 Å². The summed E-state index contributed by atoms with van der Waals surface area (Å²) in [6, 6.07) is 9.18. The fraction of sp³-hybridized carbons (Fsp3) is 0.385. The van der Waals surface area contributed by atoms with Gasteiger partial charge in [-0.25, -0.2) is 0 Å². The van der Waals surface area contributed by atoms with Crippen molar-refractivity contribution in [3.8, 4) is 17.2 Å². The Labute approximate surface area is 199 Å². The fourth-order valence-electron chi connectivity index (χ4n) is 4.62. The molecule has 2 aromatic carbocycles. The zero-order valence-electron chi connectivity index (χ0n) is 19.9. The molecule has 2 aromatic rings.